The zero-order valence-corrected chi connectivity index (χ0v) is 20.1. The molecule has 0 unspecified atom stereocenters. The van der Waals surface area contributed by atoms with Crippen LogP contribution in [0, 0.1) is 12.7 Å². The molecule has 1 fully saturated rings. The van der Waals surface area contributed by atoms with Crippen molar-refractivity contribution < 1.29 is 13.9 Å². The van der Waals surface area contributed by atoms with Crippen LogP contribution in [0.2, 0.25) is 5.02 Å². The number of methoxy groups -OCH3 is 2. The second-order valence-corrected chi connectivity index (χ2v) is 8.87. The maximum absolute atomic E-state index is 14.7. The minimum atomic E-state index is -0.283. The van der Waals surface area contributed by atoms with Gasteiger partial charge in [-0.05, 0) is 49.2 Å². The number of nitrogens with zero attached hydrogens (tertiary/aromatic N) is 2. The van der Waals surface area contributed by atoms with Gasteiger partial charge in [-0.2, -0.15) is 0 Å². The first-order chi connectivity index (χ1) is 16.0. The van der Waals surface area contributed by atoms with E-state index in [-0.39, 0.29) is 12.0 Å². The average Bonchev–Trinajstić information content (AvgIpc) is 2.82. The summed E-state index contributed by atoms with van der Waals surface area (Å²) >= 11 is 6.40. The van der Waals surface area contributed by atoms with Gasteiger partial charge in [-0.1, -0.05) is 47.5 Å². The van der Waals surface area contributed by atoms with Crippen LogP contribution in [-0.2, 0) is 13.1 Å². The molecule has 1 aliphatic rings. The second-order valence-electron chi connectivity index (χ2n) is 8.46. The van der Waals surface area contributed by atoms with Crippen molar-refractivity contribution in [1.29, 1.82) is 0 Å². The van der Waals surface area contributed by atoms with Gasteiger partial charge < -0.3 is 9.47 Å². The molecule has 6 heteroatoms. The largest absolute Gasteiger partial charge is 0.497 e. The van der Waals surface area contributed by atoms with Crippen LogP contribution in [0.25, 0.3) is 0 Å². The number of aryl methyl sites for hydroxylation is 1. The Morgan fingerprint density at radius 1 is 0.939 bits per heavy atom. The molecule has 0 N–H and O–H groups in total. The lowest BCUT2D eigenvalue weighted by atomic mass is 10.0. The van der Waals surface area contributed by atoms with Crippen LogP contribution in [0.4, 0.5) is 4.39 Å². The topological polar surface area (TPSA) is 24.9 Å². The minimum Gasteiger partial charge on any atom is -0.497 e. The van der Waals surface area contributed by atoms with E-state index in [9.17, 15) is 4.39 Å². The Labute approximate surface area is 200 Å². The maximum Gasteiger partial charge on any atom is 0.129 e. The number of hydrogen-bond acceptors (Lipinski definition) is 4. The van der Waals surface area contributed by atoms with E-state index < -0.39 is 0 Å². The van der Waals surface area contributed by atoms with Crippen molar-refractivity contribution in [3.8, 4) is 11.5 Å². The van der Waals surface area contributed by atoms with Crippen molar-refractivity contribution in [2.24, 2.45) is 0 Å². The summed E-state index contributed by atoms with van der Waals surface area (Å²) in [7, 11) is 3.34. The molecule has 0 aromatic heterocycles. The summed E-state index contributed by atoms with van der Waals surface area (Å²) < 4.78 is 26.0. The van der Waals surface area contributed by atoms with E-state index in [1.807, 2.05) is 18.2 Å². The molecule has 1 heterocycles. The lowest BCUT2D eigenvalue weighted by Crippen LogP contribution is -2.47. The fourth-order valence-corrected chi connectivity index (χ4v) is 4.76. The fraction of sp³-hybridized carbons (Fsp3) is 0.333. The van der Waals surface area contributed by atoms with Crippen LogP contribution in [0.3, 0.4) is 0 Å². The molecule has 0 amide bonds. The molecule has 3 aromatic carbocycles. The first-order valence-electron chi connectivity index (χ1n) is 11.2. The Kier molecular flexibility index (Phi) is 7.53. The zero-order chi connectivity index (χ0) is 23.4. The highest BCUT2D eigenvalue weighted by Crippen LogP contribution is 2.39. The molecule has 4 rings (SSSR count). The van der Waals surface area contributed by atoms with Crippen molar-refractivity contribution in [2.75, 3.05) is 27.3 Å². The first kappa shape index (κ1) is 23.6. The molecular weight excluding hydrogens is 439 g/mol. The summed E-state index contributed by atoms with van der Waals surface area (Å²) in [5.41, 5.74) is 3.98. The predicted molar refractivity (Wildman–Crippen MR) is 130 cm³/mol. The van der Waals surface area contributed by atoms with Crippen molar-refractivity contribution >= 4 is 11.6 Å². The van der Waals surface area contributed by atoms with E-state index in [0.717, 1.165) is 43.1 Å². The van der Waals surface area contributed by atoms with Crippen LogP contribution >= 0.6 is 11.6 Å². The standard InChI is InChI=1S/C27H30ClFN2O2/c1-19-8-10-20(11-9-19)17-30-14-5-15-31(18-23-24(28)6-4-7-25(23)29)27(30)22-16-21(32-2)12-13-26(22)33-3/h4,6-13,16,27H,5,14-15,17-18H2,1-3H3/t27-/m1/s1. The molecular formula is C27H30ClFN2O2. The van der Waals surface area contributed by atoms with Gasteiger partial charge in [-0.15, -0.1) is 0 Å². The van der Waals surface area contributed by atoms with E-state index in [1.54, 1.807) is 26.4 Å². The molecule has 1 aliphatic heterocycles. The second kappa shape index (κ2) is 10.6. The van der Waals surface area contributed by atoms with E-state index in [1.165, 1.54) is 17.2 Å². The summed E-state index contributed by atoms with van der Waals surface area (Å²) in [6.45, 7) is 5.00. The van der Waals surface area contributed by atoms with Gasteiger partial charge in [0.2, 0.25) is 0 Å². The monoisotopic (exact) mass is 468 g/mol. The first-order valence-corrected chi connectivity index (χ1v) is 11.6. The number of benzene rings is 3. The number of rotatable bonds is 7. The van der Waals surface area contributed by atoms with Crippen molar-refractivity contribution in [2.45, 2.75) is 32.6 Å². The van der Waals surface area contributed by atoms with Gasteiger partial charge in [0.1, 0.15) is 17.3 Å². The fourth-order valence-electron chi connectivity index (χ4n) is 4.53. The molecule has 0 bridgehead atoms. The van der Waals surface area contributed by atoms with Gasteiger partial charge in [0.25, 0.3) is 0 Å². The van der Waals surface area contributed by atoms with Gasteiger partial charge >= 0.3 is 0 Å². The molecule has 1 atom stereocenters. The molecule has 33 heavy (non-hydrogen) atoms. The van der Waals surface area contributed by atoms with Gasteiger partial charge in [-0.3, -0.25) is 9.80 Å². The van der Waals surface area contributed by atoms with Gasteiger partial charge in [0.15, 0.2) is 0 Å². The minimum absolute atomic E-state index is 0.124. The third kappa shape index (κ3) is 5.32. The van der Waals surface area contributed by atoms with Crippen LogP contribution < -0.4 is 9.47 Å². The number of halogens is 2. The number of hydrogen-bond donors (Lipinski definition) is 0. The van der Waals surface area contributed by atoms with Gasteiger partial charge in [0.05, 0.1) is 20.4 Å². The van der Waals surface area contributed by atoms with Crippen molar-refractivity contribution in [3.05, 3.63) is 93.8 Å². The zero-order valence-electron chi connectivity index (χ0n) is 19.4. The molecule has 0 radical (unpaired) electrons. The summed E-state index contributed by atoms with van der Waals surface area (Å²) in [5.74, 6) is 1.26. The molecule has 4 nitrogen and oxygen atoms in total. The Bertz CT molecular complexity index is 1070. The quantitative estimate of drug-likeness (QED) is 0.411. The van der Waals surface area contributed by atoms with E-state index in [2.05, 4.69) is 41.0 Å². The molecule has 1 saturated heterocycles. The van der Waals surface area contributed by atoms with Crippen molar-refractivity contribution in [1.82, 2.24) is 9.80 Å². The van der Waals surface area contributed by atoms with Crippen LogP contribution in [0.1, 0.15) is 34.8 Å². The van der Waals surface area contributed by atoms with Gasteiger partial charge in [-0.25, -0.2) is 4.39 Å². The van der Waals surface area contributed by atoms with E-state index in [0.29, 0.717) is 17.1 Å². The Morgan fingerprint density at radius 3 is 2.33 bits per heavy atom. The summed E-state index contributed by atoms with van der Waals surface area (Å²) in [5, 5.41) is 0.446. The molecule has 3 aromatic rings. The van der Waals surface area contributed by atoms with Crippen LogP contribution in [-0.4, -0.2) is 37.1 Å². The highest BCUT2D eigenvalue weighted by atomic mass is 35.5. The van der Waals surface area contributed by atoms with E-state index in [4.69, 9.17) is 21.1 Å². The average molecular weight is 469 g/mol. The van der Waals surface area contributed by atoms with Gasteiger partial charge in [0, 0.05) is 42.3 Å². The summed E-state index contributed by atoms with van der Waals surface area (Å²) in [4.78, 5) is 4.69. The Morgan fingerprint density at radius 2 is 1.67 bits per heavy atom. The third-order valence-electron chi connectivity index (χ3n) is 6.23. The van der Waals surface area contributed by atoms with Crippen LogP contribution in [0.15, 0.2) is 60.7 Å². The highest BCUT2D eigenvalue weighted by Gasteiger charge is 2.34. The smallest absolute Gasteiger partial charge is 0.129 e. The van der Waals surface area contributed by atoms with Crippen molar-refractivity contribution in [3.63, 3.8) is 0 Å². The number of ether oxygens (including phenoxy) is 2. The maximum atomic E-state index is 14.7. The normalized spacial score (nSPS) is 17.2. The molecule has 0 aliphatic carbocycles. The summed E-state index contributed by atoms with van der Waals surface area (Å²) in [6, 6.07) is 19.3. The summed E-state index contributed by atoms with van der Waals surface area (Å²) in [6.07, 6.45) is 0.849. The Balaban J connectivity index is 1.75. The highest BCUT2D eigenvalue weighted by molar-refractivity contribution is 6.31. The predicted octanol–water partition coefficient (Wildman–Crippen LogP) is 6.21. The molecule has 0 spiro atoms. The lowest BCUT2D eigenvalue weighted by Gasteiger charge is -2.45. The van der Waals surface area contributed by atoms with E-state index >= 15 is 0 Å². The molecule has 0 saturated carbocycles. The lowest BCUT2D eigenvalue weighted by molar-refractivity contribution is -0.0110. The SMILES string of the molecule is COc1ccc(OC)c([C@@H]2N(Cc3ccc(C)cc3)CCCN2Cc2c(F)cccc2Cl)c1. The Hall–Kier alpha value is -2.60. The third-order valence-corrected chi connectivity index (χ3v) is 6.58. The van der Waals surface area contributed by atoms with Crippen LogP contribution in [0.5, 0.6) is 11.5 Å². The molecule has 174 valence electrons.